The Morgan fingerprint density at radius 1 is 0.912 bits per heavy atom. The van der Waals surface area contributed by atoms with E-state index in [9.17, 15) is 9.59 Å². The van der Waals surface area contributed by atoms with Crippen LogP contribution in [0.2, 0.25) is 0 Å². The van der Waals surface area contributed by atoms with Gasteiger partial charge in [-0.2, -0.15) is 0 Å². The molecule has 4 rings (SSSR count). The van der Waals surface area contributed by atoms with Gasteiger partial charge in [-0.25, -0.2) is 0 Å². The molecule has 1 aliphatic heterocycles. The van der Waals surface area contributed by atoms with Crippen molar-refractivity contribution in [1.82, 2.24) is 10.2 Å². The summed E-state index contributed by atoms with van der Waals surface area (Å²) in [7, 11) is 1.61. The highest BCUT2D eigenvalue weighted by Gasteiger charge is 2.29. The van der Waals surface area contributed by atoms with Crippen molar-refractivity contribution in [3.63, 3.8) is 0 Å². The second-order valence-corrected chi connectivity index (χ2v) is 8.51. The first-order valence-electron chi connectivity index (χ1n) is 11.5. The molecule has 6 nitrogen and oxygen atoms in total. The number of fused-ring (bicyclic) bond motifs is 1. The zero-order valence-electron chi connectivity index (χ0n) is 19.6. The summed E-state index contributed by atoms with van der Waals surface area (Å²) >= 11 is 0. The molecule has 0 radical (unpaired) electrons. The number of carbonyl (C=O) groups is 2. The van der Waals surface area contributed by atoms with Gasteiger partial charge in [-0.1, -0.05) is 66.2 Å². The van der Waals surface area contributed by atoms with Crippen molar-refractivity contribution in [1.29, 1.82) is 0 Å². The van der Waals surface area contributed by atoms with Gasteiger partial charge >= 0.3 is 0 Å². The van der Waals surface area contributed by atoms with Gasteiger partial charge in [-0.3, -0.25) is 9.59 Å². The average Bonchev–Trinajstić information content (AvgIpc) is 3.34. The number of rotatable bonds is 9. The number of likely N-dealkylation sites (N-methyl/N-ethyl adjacent to an activating group) is 1. The second-order valence-electron chi connectivity index (χ2n) is 8.51. The quantitative estimate of drug-likeness (QED) is 0.526. The Morgan fingerprint density at radius 2 is 1.62 bits per heavy atom. The van der Waals surface area contributed by atoms with Gasteiger partial charge in [0.25, 0.3) is 0 Å². The molecular formula is C28H30N2O4. The third-order valence-corrected chi connectivity index (χ3v) is 6.06. The first kappa shape index (κ1) is 23.4. The van der Waals surface area contributed by atoms with Gasteiger partial charge in [-0.15, -0.1) is 0 Å². The van der Waals surface area contributed by atoms with E-state index in [-0.39, 0.29) is 25.0 Å². The highest BCUT2D eigenvalue weighted by Crippen LogP contribution is 2.32. The molecule has 0 aliphatic carbocycles. The van der Waals surface area contributed by atoms with Crippen molar-refractivity contribution in [2.45, 2.75) is 38.8 Å². The molecule has 0 spiro atoms. The predicted molar refractivity (Wildman–Crippen MR) is 131 cm³/mol. The molecule has 1 atom stereocenters. The van der Waals surface area contributed by atoms with Gasteiger partial charge in [-0.05, 0) is 42.2 Å². The monoisotopic (exact) mass is 458 g/mol. The number of nitrogens with one attached hydrogen (secondary N) is 1. The van der Waals surface area contributed by atoms with Gasteiger partial charge in [0.1, 0.15) is 6.04 Å². The van der Waals surface area contributed by atoms with Gasteiger partial charge < -0.3 is 19.7 Å². The summed E-state index contributed by atoms with van der Waals surface area (Å²) in [6.45, 7) is 2.61. The van der Waals surface area contributed by atoms with Crippen LogP contribution in [0.25, 0.3) is 0 Å². The van der Waals surface area contributed by atoms with Crippen LogP contribution in [0.5, 0.6) is 11.5 Å². The Morgan fingerprint density at radius 3 is 2.35 bits per heavy atom. The lowest BCUT2D eigenvalue weighted by atomic mass is 10.0. The van der Waals surface area contributed by atoms with Gasteiger partial charge in [0, 0.05) is 26.4 Å². The number of amides is 2. The lowest BCUT2D eigenvalue weighted by Gasteiger charge is -2.31. The van der Waals surface area contributed by atoms with Crippen LogP contribution in [0.1, 0.15) is 28.7 Å². The number of benzene rings is 3. The summed E-state index contributed by atoms with van der Waals surface area (Å²) in [6, 6.07) is 23.0. The average molecular weight is 459 g/mol. The molecule has 1 heterocycles. The molecule has 0 saturated carbocycles. The highest BCUT2D eigenvalue weighted by atomic mass is 16.7. The molecule has 0 fully saturated rings. The number of hydrogen-bond donors (Lipinski definition) is 1. The number of ether oxygens (including phenoxy) is 2. The second kappa shape index (κ2) is 10.9. The number of nitrogens with zero attached hydrogens (tertiary/aromatic N) is 1. The maximum Gasteiger partial charge on any atom is 0.242 e. The van der Waals surface area contributed by atoms with E-state index in [4.69, 9.17) is 9.47 Å². The molecule has 6 heteroatoms. The molecule has 3 aromatic rings. The highest BCUT2D eigenvalue weighted by molar-refractivity contribution is 5.88. The van der Waals surface area contributed by atoms with E-state index in [0.717, 1.165) is 28.0 Å². The first-order valence-corrected chi connectivity index (χ1v) is 11.5. The molecule has 34 heavy (non-hydrogen) atoms. The summed E-state index contributed by atoms with van der Waals surface area (Å²) in [5.74, 6) is 1.18. The Kier molecular flexibility index (Phi) is 7.48. The van der Waals surface area contributed by atoms with Crippen molar-refractivity contribution in [3.05, 3.63) is 95.1 Å². The van der Waals surface area contributed by atoms with Crippen molar-refractivity contribution in [3.8, 4) is 11.5 Å². The number of aryl methyl sites for hydroxylation is 2. The number of carbonyl (C=O) groups excluding carboxylic acids is 2. The summed E-state index contributed by atoms with van der Waals surface area (Å²) in [5.41, 5.74) is 4.14. The lowest BCUT2D eigenvalue weighted by Crippen LogP contribution is -2.49. The fourth-order valence-electron chi connectivity index (χ4n) is 4.10. The molecule has 0 aromatic heterocycles. The van der Waals surface area contributed by atoms with Gasteiger partial charge in [0.15, 0.2) is 11.5 Å². The SMILES string of the molecule is CNC(=O)[C@H](Cc1ccccc1)N(Cc1ccc(C)cc1)C(=O)CCc1ccc2c(c1)OCO2. The minimum absolute atomic E-state index is 0.0669. The zero-order chi connectivity index (χ0) is 23.9. The maximum absolute atomic E-state index is 13.6. The summed E-state index contributed by atoms with van der Waals surface area (Å²) in [6.07, 6.45) is 1.28. The van der Waals surface area contributed by atoms with Crippen molar-refractivity contribution < 1.29 is 19.1 Å². The Bertz CT molecular complexity index is 1130. The number of hydrogen-bond acceptors (Lipinski definition) is 4. The molecule has 1 N–H and O–H groups in total. The minimum atomic E-state index is -0.613. The van der Waals surface area contributed by atoms with Crippen LogP contribution < -0.4 is 14.8 Å². The standard InChI is InChI=1S/C28H30N2O4/c1-20-8-10-23(11-9-20)18-30(24(28(32)29-2)16-21-6-4-3-5-7-21)27(31)15-13-22-12-14-25-26(17-22)34-19-33-25/h3-12,14,17,24H,13,15-16,18-19H2,1-2H3,(H,29,32)/t24-/m0/s1. The summed E-state index contributed by atoms with van der Waals surface area (Å²) in [5, 5.41) is 2.75. The summed E-state index contributed by atoms with van der Waals surface area (Å²) < 4.78 is 10.8. The maximum atomic E-state index is 13.6. The molecule has 3 aromatic carbocycles. The van der Waals surface area contributed by atoms with Gasteiger partial charge in [0.2, 0.25) is 18.6 Å². The van der Waals surface area contributed by atoms with Crippen molar-refractivity contribution in [2.75, 3.05) is 13.8 Å². The third kappa shape index (κ3) is 5.76. The Balaban J connectivity index is 1.56. The van der Waals surface area contributed by atoms with E-state index in [1.807, 2.05) is 79.7 Å². The van der Waals surface area contributed by atoms with Crippen LogP contribution in [-0.4, -0.2) is 36.6 Å². The molecule has 2 amide bonds. The molecular weight excluding hydrogens is 428 g/mol. The lowest BCUT2D eigenvalue weighted by molar-refractivity contribution is -0.141. The van der Waals surface area contributed by atoms with Crippen molar-refractivity contribution >= 4 is 11.8 Å². The van der Waals surface area contributed by atoms with E-state index in [0.29, 0.717) is 25.1 Å². The van der Waals surface area contributed by atoms with Crippen LogP contribution in [0.4, 0.5) is 0 Å². The fraction of sp³-hybridized carbons (Fsp3) is 0.286. The van der Waals surface area contributed by atoms with E-state index >= 15 is 0 Å². The van der Waals surface area contributed by atoms with Crippen LogP contribution in [0.15, 0.2) is 72.8 Å². The fourth-order valence-corrected chi connectivity index (χ4v) is 4.10. The Hall–Kier alpha value is -3.80. The molecule has 1 aliphatic rings. The Labute approximate surface area is 200 Å². The largest absolute Gasteiger partial charge is 0.454 e. The normalized spacial score (nSPS) is 12.8. The predicted octanol–water partition coefficient (Wildman–Crippen LogP) is 4.04. The third-order valence-electron chi connectivity index (χ3n) is 6.06. The van der Waals surface area contributed by atoms with Crippen molar-refractivity contribution in [2.24, 2.45) is 0 Å². The van der Waals surface area contributed by atoms with E-state index in [1.54, 1.807) is 11.9 Å². The van der Waals surface area contributed by atoms with Crippen LogP contribution in [-0.2, 0) is 29.0 Å². The molecule has 0 bridgehead atoms. The van der Waals surface area contributed by atoms with E-state index in [1.165, 1.54) is 0 Å². The zero-order valence-corrected chi connectivity index (χ0v) is 19.6. The van der Waals surface area contributed by atoms with Gasteiger partial charge in [0.05, 0.1) is 0 Å². The molecule has 0 unspecified atom stereocenters. The van der Waals surface area contributed by atoms with Crippen LogP contribution in [0, 0.1) is 6.92 Å². The van der Waals surface area contributed by atoms with E-state index in [2.05, 4.69) is 5.32 Å². The first-order chi connectivity index (χ1) is 16.5. The van der Waals surface area contributed by atoms with Crippen LogP contribution >= 0.6 is 0 Å². The molecule has 0 saturated heterocycles. The topological polar surface area (TPSA) is 67.9 Å². The van der Waals surface area contributed by atoms with Crippen LogP contribution in [0.3, 0.4) is 0 Å². The summed E-state index contributed by atoms with van der Waals surface area (Å²) in [4.78, 5) is 28.2. The minimum Gasteiger partial charge on any atom is -0.454 e. The van der Waals surface area contributed by atoms with E-state index < -0.39 is 6.04 Å². The smallest absolute Gasteiger partial charge is 0.242 e. The molecule has 176 valence electrons.